The van der Waals surface area contributed by atoms with E-state index >= 15 is 0 Å². The molecule has 0 aliphatic carbocycles. The van der Waals surface area contributed by atoms with Gasteiger partial charge in [-0.15, -0.1) is 27.8 Å². The van der Waals surface area contributed by atoms with Crippen LogP contribution in [-0.4, -0.2) is 41.9 Å². The van der Waals surface area contributed by atoms with Gasteiger partial charge in [0, 0.05) is 18.0 Å². The molecule has 3 aromatic rings. The van der Waals surface area contributed by atoms with E-state index in [0.29, 0.717) is 36.0 Å². The molecule has 1 saturated heterocycles. The molecule has 1 N–H and O–H groups in total. The van der Waals surface area contributed by atoms with Gasteiger partial charge >= 0.3 is 6.01 Å². The van der Waals surface area contributed by atoms with Crippen LogP contribution in [-0.2, 0) is 21.2 Å². The number of thiophene rings is 2. The molecular formula is C17H17ClN4O4S3. The number of carbonyl (C=O) groups excluding carboxylic acids is 1. The summed E-state index contributed by atoms with van der Waals surface area (Å²) in [5.41, 5.74) is 0. The summed E-state index contributed by atoms with van der Waals surface area (Å²) in [6.07, 6.45) is 1.63. The third-order valence-electron chi connectivity index (χ3n) is 4.50. The van der Waals surface area contributed by atoms with E-state index in [2.05, 4.69) is 15.5 Å². The highest BCUT2D eigenvalue weighted by atomic mass is 35.5. The Labute approximate surface area is 180 Å². The average Bonchev–Trinajstić information content (AvgIpc) is 3.45. The molecule has 0 bridgehead atoms. The molecule has 1 fully saturated rings. The van der Waals surface area contributed by atoms with Gasteiger partial charge in [0.1, 0.15) is 4.21 Å². The van der Waals surface area contributed by atoms with Gasteiger partial charge in [0.2, 0.25) is 11.8 Å². The van der Waals surface area contributed by atoms with Crippen LogP contribution in [0, 0.1) is 5.92 Å². The van der Waals surface area contributed by atoms with Crippen LogP contribution in [0.4, 0.5) is 6.01 Å². The Bertz CT molecular complexity index is 1090. The van der Waals surface area contributed by atoms with E-state index in [1.54, 1.807) is 23.6 Å². The molecule has 4 rings (SSSR count). The van der Waals surface area contributed by atoms with Crippen LogP contribution in [0.5, 0.6) is 0 Å². The van der Waals surface area contributed by atoms with Gasteiger partial charge in [-0.3, -0.25) is 10.1 Å². The van der Waals surface area contributed by atoms with Gasteiger partial charge in [0.15, 0.2) is 0 Å². The van der Waals surface area contributed by atoms with E-state index in [-0.39, 0.29) is 22.7 Å². The monoisotopic (exact) mass is 472 g/mol. The standard InChI is InChI=1S/C17H17ClN4O4S3/c18-13-6-5-12(28-13)9-14-20-21-17(26-14)19-16(23)11-3-1-7-22(10-11)29(24,25)15-4-2-8-27-15/h2,4-6,8,11H,1,3,7,9-10H2,(H,19,21,23). The SMILES string of the molecule is O=C(Nc1nnc(Cc2ccc(Cl)s2)o1)C1CCCN(S(=O)(=O)c2cccs2)C1. The summed E-state index contributed by atoms with van der Waals surface area (Å²) in [6.45, 7) is 0.527. The van der Waals surface area contributed by atoms with Crippen LogP contribution in [0.2, 0.25) is 4.34 Å². The first kappa shape index (κ1) is 20.5. The second-order valence-corrected chi connectivity index (χ2v) is 11.4. The van der Waals surface area contributed by atoms with Crippen molar-refractivity contribution in [3.63, 3.8) is 0 Å². The van der Waals surface area contributed by atoms with Gasteiger partial charge in [-0.05, 0) is 36.4 Å². The van der Waals surface area contributed by atoms with Crippen molar-refractivity contribution in [1.82, 2.24) is 14.5 Å². The normalized spacial score (nSPS) is 18.0. The average molecular weight is 473 g/mol. The first-order valence-corrected chi connectivity index (χ1v) is 12.3. The molecule has 1 amide bonds. The number of rotatable bonds is 6. The minimum Gasteiger partial charge on any atom is -0.407 e. The number of anilines is 1. The molecular weight excluding hydrogens is 456 g/mol. The lowest BCUT2D eigenvalue weighted by atomic mass is 9.99. The number of halogens is 1. The quantitative estimate of drug-likeness (QED) is 0.588. The van der Waals surface area contributed by atoms with E-state index in [0.717, 1.165) is 4.88 Å². The van der Waals surface area contributed by atoms with E-state index < -0.39 is 15.9 Å². The summed E-state index contributed by atoms with van der Waals surface area (Å²) >= 11 is 8.50. The lowest BCUT2D eigenvalue weighted by Crippen LogP contribution is -2.43. The van der Waals surface area contributed by atoms with Crippen molar-refractivity contribution in [3.8, 4) is 0 Å². The minimum absolute atomic E-state index is 0.00545. The van der Waals surface area contributed by atoms with E-state index in [1.807, 2.05) is 6.07 Å². The van der Waals surface area contributed by atoms with Crippen molar-refractivity contribution in [3.05, 3.63) is 44.7 Å². The van der Waals surface area contributed by atoms with Crippen molar-refractivity contribution < 1.29 is 17.6 Å². The number of hydrogen-bond donors (Lipinski definition) is 1. The number of aromatic nitrogens is 2. The number of carbonyl (C=O) groups is 1. The molecule has 1 atom stereocenters. The number of nitrogens with one attached hydrogen (secondary N) is 1. The van der Waals surface area contributed by atoms with E-state index in [4.69, 9.17) is 16.0 Å². The van der Waals surface area contributed by atoms with Crippen molar-refractivity contribution in [1.29, 1.82) is 0 Å². The number of hydrogen-bond acceptors (Lipinski definition) is 8. The first-order chi connectivity index (χ1) is 13.9. The highest BCUT2D eigenvalue weighted by Crippen LogP contribution is 2.27. The van der Waals surface area contributed by atoms with E-state index in [9.17, 15) is 13.2 Å². The molecule has 8 nitrogen and oxygen atoms in total. The summed E-state index contributed by atoms with van der Waals surface area (Å²) in [6, 6.07) is 6.94. The lowest BCUT2D eigenvalue weighted by Gasteiger charge is -2.30. The molecule has 1 unspecified atom stereocenters. The Balaban J connectivity index is 1.38. The summed E-state index contributed by atoms with van der Waals surface area (Å²) in [4.78, 5) is 13.6. The van der Waals surface area contributed by atoms with Crippen LogP contribution >= 0.6 is 34.3 Å². The fourth-order valence-corrected chi connectivity index (χ4v) is 6.84. The van der Waals surface area contributed by atoms with E-state index in [1.165, 1.54) is 27.0 Å². The second-order valence-electron chi connectivity index (χ2n) is 6.51. The maximum Gasteiger partial charge on any atom is 0.322 e. The zero-order chi connectivity index (χ0) is 20.4. The van der Waals surface area contributed by atoms with Gasteiger partial charge in [0.25, 0.3) is 10.0 Å². The smallest absolute Gasteiger partial charge is 0.322 e. The van der Waals surface area contributed by atoms with Crippen LogP contribution in [0.1, 0.15) is 23.6 Å². The van der Waals surface area contributed by atoms with Crippen molar-refractivity contribution in [2.75, 3.05) is 18.4 Å². The topological polar surface area (TPSA) is 105 Å². The van der Waals surface area contributed by atoms with Gasteiger partial charge in [-0.25, -0.2) is 8.42 Å². The minimum atomic E-state index is -3.58. The van der Waals surface area contributed by atoms with Gasteiger partial charge in [-0.1, -0.05) is 22.8 Å². The molecule has 0 aromatic carbocycles. The summed E-state index contributed by atoms with van der Waals surface area (Å²) in [5.74, 6) is -0.445. The molecule has 0 spiro atoms. The summed E-state index contributed by atoms with van der Waals surface area (Å²) < 4.78 is 33.2. The fourth-order valence-electron chi connectivity index (χ4n) is 3.09. The third kappa shape index (κ3) is 4.69. The Kier molecular flexibility index (Phi) is 6.02. The van der Waals surface area contributed by atoms with Crippen molar-refractivity contribution >= 4 is 56.2 Å². The zero-order valence-corrected chi connectivity index (χ0v) is 18.3. The molecule has 4 heterocycles. The Morgan fingerprint density at radius 3 is 2.93 bits per heavy atom. The van der Waals surface area contributed by atoms with Gasteiger partial charge < -0.3 is 4.42 Å². The maximum absolute atomic E-state index is 12.7. The molecule has 1 aliphatic heterocycles. The largest absolute Gasteiger partial charge is 0.407 e. The number of sulfonamides is 1. The Morgan fingerprint density at radius 2 is 2.21 bits per heavy atom. The van der Waals surface area contributed by atoms with Crippen LogP contribution in [0.3, 0.4) is 0 Å². The molecule has 0 saturated carbocycles. The molecule has 1 aliphatic rings. The number of amides is 1. The van der Waals surface area contributed by atoms with Gasteiger partial charge in [-0.2, -0.15) is 4.31 Å². The molecule has 154 valence electrons. The molecule has 12 heteroatoms. The predicted octanol–water partition coefficient (Wildman–Crippen LogP) is 3.48. The zero-order valence-electron chi connectivity index (χ0n) is 15.1. The lowest BCUT2D eigenvalue weighted by molar-refractivity contribution is -0.121. The number of nitrogens with zero attached hydrogens (tertiary/aromatic N) is 3. The number of piperidine rings is 1. The third-order valence-corrected chi connectivity index (χ3v) is 8.96. The Hall–Kier alpha value is -1.79. The van der Waals surface area contributed by atoms with Crippen LogP contribution < -0.4 is 5.32 Å². The van der Waals surface area contributed by atoms with Crippen LogP contribution in [0.15, 0.2) is 38.3 Å². The highest BCUT2D eigenvalue weighted by molar-refractivity contribution is 7.91. The highest BCUT2D eigenvalue weighted by Gasteiger charge is 2.34. The summed E-state index contributed by atoms with van der Waals surface area (Å²) in [5, 5.41) is 12.1. The van der Waals surface area contributed by atoms with Gasteiger partial charge in [0.05, 0.1) is 16.7 Å². The predicted molar refractivity (Wildman–Crippen MR) is 111 cm³/mol. The summed E-state index contributed by atoms with van der Waals surface area (Å²) in [7, 11) is -3.58. The van der Waals surface area contributed by atoms with Crippen molar-refractivity contribution in [2.45, 2.75) is 23.5 Å². The maximum atomic E-state index is 12.7. The van der Waals surface area contributed by atoms with Crippen molar-refractivity contribution in [2.24, 2.45) is 5.92 Å². The first-order valence-electron chi connectivity index (χ1n) is 8.83. The Morgan fingerprint density at radius 1 is 1.34 bits per heavy atom. The molecule has 29 heavy (non-hydrogen) atoms. The second kappa shape index (κ2) is 8.52. The van der Waals surface area contributed by atoms with Crippen LogP contribution in [0.25, 0.3) is 0 Å². The molecule has 0 radical (unpaired) electrons. The fraction of sp³-hybridized carbons (Fsp3) is 0.353. The molecule has 3 aromatic heterocycles.